The molecule has 4 atom stereocenters. The van der Waals surface area contributed by atoms with Gasteiger partial charge in [-0.15, -0.1) is 0 Å². The summed E-state index contributed by atoms with van der Waals surface area (Å²) in [6.45, 7) is 16.1. The lowest BCUT2D eigenvalue weighted by Crippen LogP contribution is -2.55. The summed E-state index contributed by atoms with van der Waals surface area (Å²) in [4.78, 5) is 95.8. The molecule has 0 aliphatic carbocycles. The molecule has 21 nitrogen and oxygen atoms in total. The summed E-state index contributed by atoms with van der Waals surface area (Å²) in [5.74, 6) is -4.54. The molecule has 2 aromatic carbocycles. The highest BCUT2D eigenvalue weighted by Gasteiger charge is 2.37. The van der Waals surface area contributed by atoms with Crippen molar-refractivity contribution in [2.75, 3.05) is 40.0 Å². The van der Waals surface area contributed by atoms with E-state index in [0.717, 1.165) is 16.9 Å². The highest BCUT2D eigenvalue weighted by molar-refractivity contribution is 7.89. The summed E-state index contributed by atoms with van der Waals surface area (Å²) < 4.78 is 56.4. The highest BCUT2D eigenvalue weighted by atomic mass is 32.2. The third kappa shape index (κ3) is 17.8. The van der Waals surface area contributed by atoms with E-state index < -0.39 is 98.8 Å². The van der Waals surface area contributed by atoms with Gasteiger partial charge in [-0.3, -0.25) is 14.4 Å². The first-order chi connectivity index (χ1) is 31.3. The number of carbonyl (C=O) groups excluding carboxylic acids is 7. The number of unbranched alkanes of at least 4 members (excludes halogenated alkanes) is 1. The lowest BCUT2D eigenvalue weighted by Gasteiger charge is -2.32. The number of carbonyl (C=O) groups is 7. The quantitative estimate of drug-likeness (QED) is 0.0758. The number of aromatic hydroxyl groups is 1. The monoisotopic (exact) mass is 976 g/mol. The first-order valence-corrected chi connectivity index (χ1v) is 23.7. The van der Waals surface area contributed by atoms with E-state index in [9.17, 15) is 47.1 Å². The number of nitrogens with zero attached hydrogens (tertiary/aromatic N) is 2. The molecule has 1 aliphatic rings. The minimum absolute atomic E-state index is 0.00849. The van der Waals surface area contributed by atoms with Crippen molar-refractivity contribution in [3.8, 4) is 22.6 Å². The molecular weight excluding hydrogens is 909 g/mol. The average Bonchev–Trinajstić information content (AvgIpc) is 3.20. The number of benzene rings is 2. The van der Waals surface area contributed by atoms with E-state index in [1.165, 1.54) is 57.4 Å². The maximum Gasteiger partial charge on any atom is 0.514 e. The van der Waals surface area contributed by atoms with Crippen LogP contribution >= 0.6 is 0 Å². The Kier molecular flexibility index (Phi) is 19.2. The van der Waals surface area contributed by atoms with Gasteiger partial charge in [-0.2, -0.15) is 0 Å². The zero-order chi connectivity index (χ0) is 51.5. The predicted molar refractivity (Wildman–Crippen MR) is 249 cm³/mol. The van der Waals surface area contributed by atoms with Crippen LogP contribution in [0.4, 0.5) is 14.4 Å². The standard InChI is InChI=1S/C46H68N6O15S/c1-27-37(54)49-33(40(57)63-13)25-28-17-20-35(64-43(60)67-46(8,9)10)31(24-28)30-26-29(18-19-34(30)53)36(38(55)48-27)52(12)39(56)32(16-14-15-21-47-41(58)65-44(2,3)4)50-68(61,62)23-22-51(11)42(59)66-45(5,6)7/h17-20,24,26-27,32-33,36,50,53H,14-16,21-23,25H2,1-13H3,(H,47,58)(H,48,55)(H,49,54)/t27-,32-,33-,36-/m0/s1. The zero-order valence-corrected chi connectivity index (χ0v) is 42.0. The Morgan fingerprint density at radius 3 is 2.07 bits per heavy atom. The fourth-order valence-electron chi connectivity index (χ4n) is 6.63. The number of hydrogen-bond donors (Lipinski definition) is 5. The summed E-state index contributed by atoms with van der Waals surface area (Å²) in [5.41, 5.74) is -1.98. The van der Waals surface area contributed by atoms with Crippen molar-refractivity contribution < 1.29 is 70.8 Å². The Bertz CT molecular complexity index is 2280. The molecule has 3 rings (SSSR count). The van der Waals surface area contributed by atoms with Gasteiger partial charge in [-0.05, 0) is 124 Å². The van der Waals surface area contributed by atoms with Crippen molar-refractivity contribution in [2.45, 2.75) is 136 Å². The summed E-state index contributed by atoms with van der Waals surface area (Å²) in [7, 11) is -0.615. The number of phenolic OH excluding ortho intramolecular Hbond substituents is 1. The Morgan fingerprint density at radius 2 is 1.47 bits per heavy atom. The molecule has 0 spiro atoms. The van der Waals surface area contributed by atoms with Crippen molar-refractivity contribution in [1.29, 1.82) is 0 Å². The molecule has 0 radical (unpaired) electrons. The van der Waals surface area contributed by atoms with Gasteiger partial charge in [0.2, 0.25) is 27.7 Å². The molecular formula is C46H68N6O15S. The summed E-state index contributed by atoms with van der Waals surface area (Å²) in [6.07, 6.45) is -2.36. The number of nitrogens with one attached hydrogen (secondary N) is 4. The Labute approximate surface area is 398 Å². The number of phenols is 1. The molecule has 2 aromatic rings. The molecule has 4 bridgehead atoms. The number of ether oxygens (including phenoxy) is 5. The van der Waals surface area contributed by atoms with Gasteiger partial charge in [0, 0.05) is 44.7 Å². The molecule has 0 saturated carbocycles. The molecule has 0 fully saturated rings. The van der Waals surface area contributed by atoms with Crippen LogP contribution in [0.3, 0.4) is 0 Å². The second kappa shape index (κ2) is 23.2. The fourth-order valence-corrected chi connectivity index (χ4v) is 7.91. The number of methoxy groups -OCH3 is 1. The number of likely N-dealkylation sites (N-methyl/N-ethyl adjacent to an activating group) is 1. The highest BCUT2D eigenvalue weighted by Crippen LogP contribution is 2.40. The lowest BCUT2D eigenvalue weighted by atomic mass is 9.93. The molecule has 68 heavy (non-hydrogen) atoms. The molecule has 5 N–H and O–H groups in total. The van der Waals surface area contributed by atoms with Crippen LogP contribution in [-0.4, -0.2) is 140 Å². The van der Waals surface area contributed by atoms with E-state index in [4.69, 9.17) is 23.7 Å². The van der Waals surface area contributed by atoms with E-state index in [0.29, 0.717) is 5.56 Å². The second-order valence-corrected chi connectivity index (χ2v) is 21.2. The molecule has 0 aromatic heterocycles. The van der Waals surface area contributed by atoms with E-state index in [1.807, 2.05) is 0 Å². The van der Waals surface area contributed by atoms with Crippen molar-refractivity contribution in [2.24, 2.45) is 0 Å². The molecule has 0 unspecified atom stereocenters. The van der Waals surface area contributed by atoms with Crippen LogP contribution in [0.25, 0.3) is 11.1 Å². The number of alkyl carbamates (subject to hydrolysis) is 1. The molecule has 0 saturated heterocycles. The fraction of sp³-hybridized carbons (Fsp3) is 0.587. The largest absolute Gasteiger partial charge is 0.514 e. The van der Waals surface area contributed by atoms with Crippen LogP contribution in [0.5, 0.6) is 11.5 Å². The normalized spacial score (nSPS) is 17.2. The van der Waals surface area contributed by atoms with Crippen molar-refractivity contribution in [3.63, 3.8) is 0 Å². The second-order valence-electron chi connectivity index (χ2n) is 19.4. The third-order valence-corrected chi connectivity index (χ3v) is 11.2. The maximum absolute atomic E-state index is 14.8. The Hall–Kier alpha value is -6.16. The van der Waals surface area contributed by atoms with Gasteiger partial charge in [0.1, 0.15) is 52.5 Å². The Balaban J connectivity index is 2.16. The molecule has 1 aliphatic heterocycles. The average molecular weight is 977 g/mol. The molecule has 22 heteroatoms. The van der Waals surface area contributed by atoms with E-state index >= 15 is 0 Å². The van der Waals surface area contributed by atoms with Crippen LogP contribution < -0.4 is 25.4 Å². The maximum atomic E-state index is 14.8. The van der Waals surface area contributed by atoms with Gasteiger partial charge in [0.25, 0.3) is 0 Å². The van der Waals surface area contributed by atoms with Crippen molar-refractivity contribution in [1.82, 2.24) is 30.5 Å². The minimum atomic E-state index is -4.35. The van der Waals surface area contributed by atoms with E-state index in [2.05, 4.69) is 20.7 Å². The smallest absolute Gasteiger partial charge is 0.507 e. The third-order valence-electron chi connectivity index (χ3n) is 9.84. The first kappa shape index (κ1) is 56.2. The number of rotatable bonds is 14. The van der Waals surface area contributed by atoms with E-state index in [-0.39, 0.29) is 67.0 Å². The van der Waals surface area contributed by atoms with Crippen molar-refractivity contribution >= 4 is 52.1 Å². The van der Waals surface area contributed by atoms with E-state index in [1.54, 1.807) is 62.3 Å². The number of hydrogen-bond acceptors (Lipinski definition) is 15. The van der Waals surface area contributed by atoms with Gasteiger partial charge >= 0.3 is 24.3 Å². The lowest BCUT2D eigenvalue weighted by molar-refractivity contribution is -0.145. The topological polar surface area (TPSA) is 275 Å². The summed E-state index contributed by atoms with van der Waals surface area (Å²) in [5, 5.41) is 19.2. The number of esters is 1. The summed E-state index contributed by atoms with van der Waals surface area (Å²) in [6, 6.07) is 2.64. The summed E-state index contributed by atoms with van der Waals surface area (Å²) >= 11 is 0. The van der Waals surface area contributed by atoms with Crippen LogP contribution in [0.2, 0.25) is 0 Å². The van der Waals surface area contributed by atoms with Crippen LogP contribution in [0.1, 0.15) is 106 Å². The zero-order valence-electron chi connectivity index (χ0n) is 41.2. The van der Waals surface area contributed by atoms with Crippen LogP contribution in [0.15, 0.2) is 36.4 Å². The predicted octanol–water partition coefficient (Wildman–Crippen LogP) is 4.44. The van der Waals surface area contributed by atoms with Gasteiger partial charge in [0.15, 0.2) is 0 Å². The number of fused-ring (bicyclic) bond motifs is 5. The van der Waals surface area contributed by atoms with Gasteiger partial charge in [0.05, 0.1) is 12.9 Å². The van der Waals surface area contributed by atoms with Crippen molar-refractivity contribution in [3.05, 3.63) is 47.5 Å². The van der Waals surface area contributed by atoms with Gasteiger partial charge < -0.3 is 54.5 Å². The molecule has 5 amide bonds. The van der Waals surface area contributed by atoms with Gasteiger partial charge in [-0.25, -0.2) is 32.3 Å². The van der Waals surface area contributed by atoms with Gasteiger partial charge in [-0.1, -0.05) is 12.1 Å². The molecule has 1 heterocycles. The van der Waals surface area contributed by atoms with Crippen LogP contribution in [0, 0.1) is 0 Å². The SMILES string of the molecule is COC(=O)[C@@H]1Cc2ccc(OC(=O)OC(C)(C)C)c(c2)-c2cc(ccc2O)[C@H](N(C)C(=O)[C@H](CCCCNC(=O)OC(C)(C)C)NS(=O)(=O)CCN(C)C(=O)OC(C)(C)C)C(=O)N[C@@H](C)C(=O)N1. The number of sulfonamides is 1. The molecule has 378 valence electrons. The Morgan fingerprint density at radius 1 is 0.838 bits per heavy atom. The minimum Gasteiger partial charge on any atom is -0.507 e. The number of amides is 5. The first-order valence-electron chi connectivity index (χ1n) is 22.0. The van der Waals surface area contributed by atoms with Crippen LogP contribution in [-0.2, 0) is 54.6 Å².